The van der Waals surface area contributed by atoms with Crippen LogP contribution >= 0.6 is 11.6 Å². The number of halogens is 4. The maximum Gasteiger partial charge on any atom is 0.257 e. The summed E-state index contributed by atoms with van der Waals surface area (Å²) >= 11 is 5.77. The van der Waals surface area contributed by atoms with Crippen LogP contribution in [0, 0.1) is 17.5 Å². The fourth-order valence-corrected chi connectivity index (χ4v) is 2.92. The monoisotopic (exact) mass is 370 g/mol. The maximum atomic E-state index is 13.7. The van der Waals surface area contributed by atoms with E-state index in [0.29, 0.717) is 29.6 Å². The van der Waals surface area contributed by atoms with Crippen LogP contribution in [0.3, 0.4) is 0 Å². The van der Waals surface area contributed by atoms with Crippen molar-refractivity contribution in [1.29, 1.82) is 0 Å². The van der Waals surface area contributed by atoms with Gasteiger partial charge in [0.1, 0.15) is 23.0 Å². The van der Waals surface area contributed by atoms with Gasteiger partial charge in [0, 0.05) is 31.3 Å². The first-order valence-corrected chi connectivity index (χ1v) is 8.00. The molecule has 3 rings (SSSR count). The van der Waals surface area contributed by atoms with Crippen LogP contribution in [-0.4, -0.2) is 35.0 Å². The molecule has 1 aromatic carbocycles. The van der Waals surface area contributed by atoms with Crippen molar-refractivity contribution in [1.82, 2.24) is 15.3 Å². The van der Waals surface area contributed by atoms with E-state index in [0.717, 1.165) is 12.8 Å². The molecule has 132 valence electrons. The number of amides is 1. The Morgan fingerprint density at radius 2 is 1.88 bits per heavy atom. The van der Waals surface area contributed by atoms with Gasteiger partial charge in [-0.3, -0.25) is 4.79 Å². The number of nitrogens with one attached hydrogen (secondary N) is 1. The highest BCUT2D eigenvalue weighted by atomic mass is 35.5. The molecule has 1 saturated heterocycles. The molecule has 0 bridgehead atoms. The van der Waals surface area contributed by atoms with E-state index in [1.807, 2.05) is 4.90 Å². The van der Waals surface area contributed by atoms with Gasteiger partial charge in [0.15, 0.2) is 0 Å². The van der Waals surface area contributed by atoms with Gasteiger partial charge in [-0.2, -0.15) is 0 Å². The minimum atomic E-state index is -1.24. The van der Waals surface area contributed by atoms with Gasteiger partial charge >= 0.3 is 0 Å². The molecule has 1 amide bonds. The average Bonchev–Trinajstić information content (AvgIpc) is 3.01. The SMILES string of the molecule is O=C(NC[C@H]1CCCN1c1ncc(Cl)cn1)c1c(F)cc(F)cc1F. The van der Waals surface area contributed by atoms with Crippen molar-refractivity contribution in [2.24, 2.45) is 0 Å². The van der Waals surface area contributed by atoms with Crippen LogP contribution in [0.2, 0.25) is 5.02 Å². The van der Waals surface area contributed by atoms with Crippen molar-refractivity contribution in [2.75, 3.05) is 18.0 Å². The summed E-state index contributed by atoms with van der Waals surface area (Å²) in [6.45, 7) is 0.850. The number of rotatable bonds is 4. The van der Waals surface area contributed by atoms with Crippen molar-refractivity contribution in [3.05, 3.63) is 52.6 Å². The summed E-state index contributed by atoms with van der Waals surface area (Å²) in [4.78, 5) is 22.2. The lowest BCUT2D eigenvalue weighted by Crippen LogP contribution is -2.41. The number of carbonyl (C=O) groups is 1. The summed E-state index contributed by atoms with van der Waals surface area (Å²) in [5.74, 6) is -4.01. The molecule has 1 aliphatic heterocycles. The Balaban J connectivity index is 1.68. The molecule has 0 spiro atoms. The number of nitrogens with zero attached hydrogens (tertiary/aromatic N) is 3. The Labute approximate surface area is 146 Å². The number of carbonyl (C=O) groups excluding carboxylic acids is 1. The number of anilines is 1. The van der Waals surface area contributed by atoms with E-state index in [1.54, 1.807) is 0 Å². The lowest BCUT2D eigenvalue weighted by molar-refractivity contribution is 0.0942. The zero-order valence-corrected chi connectivity index (χ0v) is 13.7. The largest absolute Gasteiger partial charge is 0.350 e. The molecule has 1 aliphatic rings. The van der Waals surface area contributed by atoms with Crippen molar-refractivity contribution >= 4 is 23.5 Å². The van der Waals surface area contributed by atoms with Crippen molar-refractivity contribution in [2.45, 2.75) is 18.9 Å². The third kappa shape index (κ3) is 3.84. The molecule has 2 heterocycles. The Hall–Kier alpha value is -2.35. The highest BCUT2D eigenvalue weighted by molar-refractivity contribution is 6.30. The molecular formula is C16H14ClF3N4O. The second-order valence-electron chi connectivity index (χ2n) is 5.65. The molecule has 1 aromatic heterocycles. The van der Waals surface area contributed by atoms with Crippen molar-refractivity contribution in [3.63, 3.8) is 0 Å². The number of hydrogen-bond acceptors (Lipinski definition) is 4. The molecule has 1 atom stereocenters. The molecule has 1 fully saturated rings. The normalized spacial score (nSPS) is 17.0. The van der Waals surface area contributed by atoms with Crippen LogP contribution in [-0.2, 0) is 0 Å². The van der Waals surface area contributed by atoms with Crippen LogP contribution in [0.1, 0.15) is 23.2 Å². The summed E-state index contributed by atoms with van der Waals surface area (Å²) in [6, 6.07) is 0.833. The zero-order valence-electron chi connectivity index (χ0n) is 13.0. The Bertz CT molecular complexity index is 764. The highest BCUT2D eigenvalue weighted by Crippen LogP contribution is 2.22. The highest BCUT2D eigenvalue weighted by Gasteiger charge is 2.28. The third-order valence-electron chi connectivity index (χ3n) is 3.97. The molecule has 1 N–H and O–H groups in total. The van der Waals surface area contributed by atoms with Gasteiger partial charge in [-0.1, -0.05) is 11.6 Å². The fraction of sp³-hybridized carbons (Fsp3) is 0.312. The molecule has 9 heteroatoms. The van der Waals surface area contributed by atoms with Gasteiger partial charge in [0.05, 0.1) is 17.4 Å². The van der Waals surface area contributed by atoms with Crippen LogP contribution in [0.4, 0.5) is 19.1 Å². The lowest BCUT2D eigenvalue weighted by Gasteiger charge is -2.24. The Morgan fingerprint density at radius 3 is 2.52 bits per heavy atom. The van der Waals surface area contributed by atoms with Crippen LogP contribution in [0.5, 0.6) is 0 Å². The molecule has 0 radical (unpaired) electrons. The third-order valence-corrected chi connectivity index (χ3v) is 4.17. The second kappa shape index (κ2) is 7.26. The van der Waals surface area contributed by atoms with Gasteiger partial charge in [0.2, 0.25) is 5.95 Å². The van der Waals surface area contributed by atoms with E-state index in [2.05, 4.69) is 15.3 Å². The van der Waals surface area contributed by atoms with Gasteiger partial charge in [-0.15, -0.1) is 0 Å². The Morgan fingerprint density at radius 1 is 1.24 bits per heavy atom. The first kappa shape index (κ1) is 17.5. The van der Waals surface area contributed by atoms with Crippen LogP contribution in [0.25, 0.3) is 0 Å². The predicted molar refractivity (Wildman–Crippen MR) is 86.1 cm³/mol. The van der Waals surface area contributed by atoms with Gasteiger partial charge in [0.25, 0.3) is 5.91 Å². The quantitative estimate of drug-likeness (QED) is 0.899. The molecule has 0 unspecified atom stereocenters. The summed E-state index contributed by atoms with van der Waals surface area (Å²) in [6.07, 6.45) is 4.58. The van der Waals surface area contributed by atoms with E-state index in [4.69, 9.17) is 11.6 Å². The molecule has 0 aliphatic carbocycles. The average molecular weight is 371 g/mol. The number of aromatic nitrogens is 2. The predicted octanol–water partition coefficient (Wildman–Crippen LogP) is 2.95. The summed E-state index contributed by atoms with van der Waals surface area (Å²) in [5.41, 5.74) is -0.798. The molecule has 2 aromatic rings. The van der Waals surface area contributed by atoms with Gasteiger partial charge in [-0.05, 0) is 12.8 Å². The summed E-state index contributed by atoms with van der Waals surface area (Å²) < 4.78 is 40.2. The fourth-order valence-electron chi connectivity index (χ4n) is 2.82. The maximum absolute atomic E-state index is 13.7. The molecule has 0 saturated carbocycles. The molecule has 25 heavy (non-hydrogen) atoms. The van der Waals surface area contributed by atoms with Crippen LogP contribution in [0.15, 0.2) is 24.5 Å². The van der Waals surface area contributed by atoms with Gasteiger partial charge < -0.3 is 10.2 Å². The number of benzene rings is 1. The van der Waals surface area contributed by atoms with E-state index < -0.39 is 28.9 Å². The van der Waals surface area contributed by atoms with Crippen molar-refractivity contribution < 1.29 is 18.0 Å². The minimum Gasteiger partial charge on any atom is -0.350 e. The second-order valence-corrected chi connectivity index (χ2v) is 6.08. The van der Waals surface area contributed by atoms with E-state index >= 15 is 0 Å². The first-order chi connectivity index (χ1) is 12.0. The standard InChI is InChI=1S/C16H14ClF3N4O/c17-9-6-22-16(23-7-9)24-3-1-2-11(24)8-21-15(25)14-12(19)4-10(18)5-13(14)20/h4-7,11H,1-3,8H2,(H,21,25)/t11-/m1/s1. The molecular weight excluding hydrogens is 357 g/mol. The molecule has 5 nitrogen and oxygen atoms in total. The van der Waals surface area contributed by atoms with E-state index in [1.165, 1.54) is 12.4 Å². The van der Waals surface area contributed by atoms with E-state index in [9.17, 15) is 18.0 Å². The zero-order chi connectivity index (χ0) is 18.0. The van der Waals surface area contributed by atoms with Crippen molar-refractivity contribution in [3.8, 4) is 0 Å². The minimum absolute atomic E-state index is 0.114. The smallest absolute Gasteiger partial charge is 0.257 e. The van der Waals surface area contributed by atoms with E-state index in [-0.39, 0.29) is 12.6 Å². The first-order valence-electron chi connectivity index (χ1n) is 7.62. The topological polar surface area (TPSA) is 58.1 Å². The number of hydrogen-bond donors (Lipinski definition) is 1. The summed E-state index contributed by atoms with van der Waals surface area (Å²) in [5, 5.41) is 2.90. The van der Waals surface area contributed by atoms with Crippen LogP contribution < -0.4 is 10.2 Å². The lowest BCUT2D eigenvalue weighted by atomic mass is 10.1. The Kier molecular flexibility index (Phi) is 5.08. The summed E-state index contributed by atoms with van der Waals surface area (Å²) in [7, 11) is 0. The van der Waals surface area contributed by atoms with Gasteiger partial charge in [-0.25, -0.2) is 23.1 Å².